The van der Waals surface area contributed by atoms with Gasteiger partial charge in [-0.15, -0.1) is 0 Å². The van der Waals surface area contributed by atoms with Gasteiger partial charge in [-0.2, -0.15) is 13.2 Å². The lowest BCUT2D eigenvalue weighted by molar-refractivity contribution is -0.171. The van der Waals surface area contributed by atoms with Crippen molar-refractivity contribution < 1.29 is 22.8 Å². The Morgan fingerprint density at radius 3 is 2.00 bits per heavy atom. The number of hydrogen-bond donors (Lipinski definition) is 0. The molecular formula is C17H32F3NO2. The van der Waals surface area contributed by atoms with E-state index in [2.05, 4.69) is 0 Å². The summed E-state index contributed by atoms with van der Waals surface area (Å²) in [4.78, 5) is 24.3. The van der Waals surface area contributed by atoms with E-state index < -0.39 is 12.1 Å². The zero-order valence-corrected chi connectivity index (χ0v) is 15.3. The van der Waals surface area contributed by atoms with Gasteiger partial charge in [-0.05, 0) is 12.8 Å². The van der Waals surface area contributed by atoms with Gasteiger partial charge < -0.3 is 0 Å². The van der Waals surface area contributed by atoms with Crippen molar-refractivity contribution in [1.29, 1.82) is 0 Å². The minimum atomic E-state index is -4.13. The smallest absolute Gasteiger partial charge is 0.282 e. The number of likely N-dealkylation sites (tertiary alicyclic amines) is 1. The van der Waals surface area contributed by atoms with Gasteiger partial charge in [0.25, 0.3) is 0 Å². The molecule has 23 heavy (non-hydrogen) atoms. The lowest BCUT2D eigenvalue weighted by atomic mass is 10.0. The fraction of sp³-hybridized carbons (Fsp3) is 0.882. The molecule has 0 aromatic carbocycles. The summed E-state index contributed by atoms with van der Waals surface area (Å²) in [7, 11) is 0. The van der Waals surface area contributed by atoms with Crippen LogP contribution >= 0.6 is 0 Å². The summed E-state index contributed by atoms with van der Waals surface area (Å²) in [5, 5.41) is 0. The Kier molecular flexibility index (Phi) is 13.0. The van der Waals surface area contributed by atoms with Crippen molar-refractivity contribution >= 4 is 11.8 Å². The Morgan fingerprint density at radius 2 is 1.61 bits per heavy atom. The van der Waals surface area contributed by atoms with E-state index in [1.165, 1.54) is 11.8 Å². The molecule has 1 aliphatic heterocycles. The summed E-state index contributed by atoms with van der Waals surface area (Å²) in [5.74, 6) is -1.87. The van der Waals surface area contributed by atoms with E-state index in [1.54, 1.807) is 6.92 Å². The van der Waals surface area contributed by atoms with E-state index in [0.717, 1.165) is 0 Å². The minimum absolute atomic E-state index is 0.0990. The van der Waals surface area contributed by atoms with Crippen molar-refractivity contribution in [2.45, 2.75) is 79.8 Å². The molecule has 0 aromatic heterocycles. The van der Waals surface area contributed by atoms with E-state index in [9.17, 15) is 22.8 Å². The molecule has 1 rings (SSSR count). The van der Waals surface area contributed by atoms with E-state index in [-0.39, 0.29) is 30.6 Å². The highest BCUT2D eigenvalue weighted by Crippen LogP contribution is 2.29. The number of imide groups is 1. The molecule has 1 aliphatic rings. The maximum Gasteiger partial charge on any atom is 0.391 e. The molecule has 1 fully saturated rings. The average Bonchev–Trinajstić information content (AvgIpc) is 2.75. The first kappa shape index (κ1) is 24.2. The summed E-state index contributed by atoms with van der Waals surface area (Å²) in [6.07, 6.45) is -2.13. The first-order valence-corrected chi connectivity index (χ1v) is 8.64. The molecule has 6 heteroatoms. The second-order valence-corrected chi connectivity index (χ2v) is 5.28. The zero-order chi connectivity index (χ0) is 18.6. The van der Waals surface area contributed by atoms with Crippen LogP contribution in [0.4, 0.5) is 13.2 Å². The number of carbonyl (C=O) groups is 2. The van der Waals surface area contributed by atoms with Crippen LogP contribution in [0.2, 0.25) is 0 Å². The Labute approximate surface area is 138 Å². The summed E-state index contributed by atoms with van der Waals surface area (Å²) in [6, 6.07) is 0. The maximum absolute atomic E-state index is 12.3. The molecule has 2 amide bonds. The third-order valence-electron chi connectivity index (χ3n) is 3.55. The molecule has 0 spiro atoms. The number of hydrogen-bond acceptors (Lipinski definition) is 2. The van der Waals surface area contributed by atoms with Gasteiger partial charge in [-0.1, -0.05) is 54.4 Å². The van der Waals surface area contributed by atoms with Gasteiger partial charge >= 0.3 is 6.18 Å². The Hall–Kier alpha value is -1.07. The molecule has 0 N–H and O–H groups in total. The van der Waals surface area contributed by atoms with Crippen LogP contribution in [0.1, 0.15) is 73.6 Å². The van der Waals surface area contributed by atoms with Crippen molar-refractivity contribution in [3.8, 4) is 0 Å². The first-order chi connectivity index (χ1) is 10.7. The molecule has 1 saturated heterocycles. The topological polar surface area (TPSA) is 37.4 Å². The fourth-order valence-corrected chi connectivity index (χ4v) is 2.14. The second-order valence-electron chi connectivity index (χ2n) is 5.28. The SMILES string of the molecule is CC.CC.CC1CC(=O)N(CCCCCC(C)C(F)(F)F)C1=O. The normalized spacial score (nSPS) is 18.8. The van der Waals surface area contributed by atoms with E-state index in [4.69, 9.17) is 0 Å². The summed E-state index contributed by atoms with van der Waals surface area (Å²) in [6.45, 7) is 11.2. The molecule has 138 valence electrons. The van der Waals surface area contributed by atoms with Crippen molar-refractivity contribution in [1.82, 2.24) is 4.90 Å². The molecule has 2 unspecified atom stereocenters. The highest BCUT2D eigenvalue weighted by molar-refractivity contribution is 6.03. The second kappa shape index (κ2) is 12.4. The van der Waals surface area contributed by atoms with E-state index in [0.29, 0.717) is 25.8 Å². The Balaban J connectivity index is 0. The summed E-state index contributed by atoms with van der Waals surface area (Å²) in [5.41, 5.74) is 0. The molecule has 0 saturated carbocycles. The molecule has 0 aliphatic carbocycles. The predicted octanol–water partition coefficient (Wildman–Crippen LogP) is 5.19. The lowest BCUT2D eigenvalue weighted by Gasteiger charge is -2.16. The number of carbonyl (C=O) groups excluding carboxylic acids is 2. The van der Waals surface area contributed by atoms with Gasteiger partial charge in [0.15, 0.2) is 0 Å². The highest BCUT2D eigenvalue weighted by Gasteiger charge is 2.36. The van der Waals surface area contributed by atoms with E-state index >= 15 is 0 Å². The van der Waals surface area contributed by atoms with Crippen molar-refractivity contribution in [3.63, 3.8) is 0 Å². The molecule has 3 nitrogen and oxygen atoms in total. The number of unbranched alkanes of at least 4 members (excludes halogenated alkanes) is 2. The average molecular weight is 339 g/mol. The minimum Gasteiger partial charge on any atom is -0.282 e. The van der Waals surface area contributed by atoms with Crippen molar-refractivity contribution in [2.75, 3.05) is 6.54 Å². The standard InChI is InChI=1S/C13H20F3NO2.2C2H6/c1-9-8-11(18)17(12(9)19)7-5-3-4-6-10(2)13(14,15)16;2*1-2/h9-10H,3-8H2,1-2H3;2*1-2H3. The van der Waals surface area contributed by atoms with Gasteiger partial charge in [0.2, 0.25) is 11.8 Å². The molecule has 1 heterocycles. The van der Waals surface area contributed by atoms with Crippen LogP contribution in [0.5, 0.6) is 0 Å². The van der Waals surface area contributed by atoms with Gasteiger partial charge in [-0.25, -0.2) is 0 Å². The quantitative estimate of drug-likeness (QED) is 0.493. The molecular weight excluding hydrogens is 307 g/mol. The predicted molar refractivity (Wildman–Crippen MR) is 86.9 cm³/mol. The van der Waals surface area contributed by atoms with Crippen LogP contribution in [0.3, 0.4) is 0 Å². The molecule has 0 radical (unpaired) electrons. The monoisotopic (exact) mass is 339 g/mol. The van der Waals surface area contributed by atoms with Crippen LogP contribution in [-0.4, -0.2) is 29.4 Å². The first-order valence-electron chi connectivity index (χ1n) is 8.64. The van der Waals surface area contributed by atoms with E-state index in [1.807, 2.05) is 27.7 Å². The Bertz CT molecular complexity index is 343. The van der Waals surface area contributed by atoms with Crippen LogP contribution in [0.15, 0.2) is 0 Å². The third kappa shape index (κ3) is 8.96. The fourth-order valence-electron chi connectivity index (χ4n) is 2.14. The van der Waals surface area contributed by atoms with Crippen molar-refractivity contribution in [3.05, 3.63) is 0 Å². The van der Waals surface area contributed by atoms with Crippen LogP contribution in [0.25, 0.3) is 0 Å². The van der Waals surface area contributed by atoms with Crippen LogP contribution in [-0.2, 0) is 9.59 Å². The van der Waals surface area contributed by atoms with Gasteiger partial charge in [-0.3, -0.25) is 14.5 Å². The Morgan fingerprint density at radius 1 is 1.09 bits per heavy atom. The maximum atomic E-state index is 12.3. The van der Waals surface area contributed by atoms with Gasteiger partial charge in [0, 0.05) is 18.9 Å². The summed E-state index contributed by atoms with van der Waals surface area (Å²) >= 11 is 0. The molecule has 2 atom stereocenters. The van der Waals surface area contributed by atoms with Crippen molar-refractivity contribution in [2.24, 2.45) is 11.8 Å². The van der Waals surface area contributed by atoms with Crippen LogP contribution in [0, 0.1) is 11.8 Å². The van der Waals surface area contributed by atoms with Gasteiger partial charge in [0.1, 0.15) is 0 Å². The number of alkyl halides is 3. The third-order valence-corrected chi connectivity index (χ3v) is 3.55. The molecule has 0 bridgehead atoms. The highest BCUT2D eigenvalue weighted by atomic mass is 19.4. The number of rotatable bonds is 6. The van der Waals surface area contributed by atoms with Gasteiger partial charge in [0.05, 0.1) is 5.92 Å². The lowest BCUT2D eigenvalue weighted by Crippen LogP contribution is -2.31. The largest absolute Gasteiger partial charge is 0.391 e. The summed E-state index contributed by atoms with van der Waals surface area (Å²) < 4.78 is 36.8. The van der Waals surface area contributed by atoms with Crippen LogP contribution < -0.4 is 0 Å². The zero-order valence-electron chi connectivity index (χ0n) is 15.3. The number of amides is 2. The molecule has 0 aromatic rings. The number of nitrogens with zero attached hydrogens (tertiary/aromatic N) is 1. The number of halogens is 3.